The van der Waals surface area contributed by atoms with E-state index in [0.717, 1.165) is 51.9 Å². The molecular formula is C17H27N3O2. The number of rotatable bonds is 8. The van der Waals surface area contributed by atoms with Gasteiger partial charge in [-0.3, -0.25) is 9.78 Å². The zero-order valence-electron chi connectivity index (χ0n) is 13.5. The van der Waals surface area contributed by atoms with Gasteiger partial charge in [-0.15, -0.1) is 0 Å². The van der Waals surface area contributed by atoms with Gasteiger partial charge < -0.3 is 15.4 Å². The van der Waals surface area contributed by atoms with Crippen LogP contribution in [0.2, 0.25) is 0 Å². The normalized spacial score (nSPS) is 18.2. The van der Waals surface area contributed by atoms with E-state index in [0.29, 0.717) is 6.42 Å². The lowest BCUT2D eigenvalue weighted by Gasteiger charge is -2.41. The highest BCUT2D eigenvalue weighted by Crippen LogP contribution is 2.36. The molecule has 1 aliphatic rings. The molecule has 1 amide bonds. The van der Waals surface area contributed by atoms with Crippen molar-refractivity contribution in [3.8, 4) is 0 Å². The van der Waals surface area contributed by atoms with Crippen LogP contribution in [0.3, 0.4) is 0 Å². The number of amides is 1. The maximum absolute atomic E-state index is 11.1. The number of primary amides is 1. The van der Waals surface area contributed by atoms with Gasteiger partial charge in [0.05, 0.1) is 6.61 Å². The van der Waals surface area contributed by atoms with Gasteiger partial charge in [-0.05, 0) is 61.9 Å². The van der Waals surface area contributed by atoms with Gasteiger partial charge in [-0.1, -0.05) is 0 Å². The van der Waals surface area contributed by atoms with Gasteiger partial charge in [0.1, 0.15) is 0 Å². The molecular weight excluding hydrogens is 278 g/mol. The predicted octanol–water partition coefficient (Wildman–Crippen LogP) is 1.62. The smallest absolute Gasteiger partial charge is 0.217 e. The Morgan fingerprint density at radius 2 is 2.05 bits per heavy atom. The molecule has 0 aromatic carbocycles. The van der Waals surface area contributed by atoms with Gasteiger partial charge >= 0.3 is 0 Å². The van der Waals surface area contributed by atoms with Crippen LogP contribution in [0.5, 0.6) is 0 Å². The summed E-state index contributed by atoms with van der Waals surface area (Å²) in [6.45, 7) is 3.92. The van der Waals surface area contributed by atoms with Crippen LogP contribution in [0.1, 0.15) is 31.2 Å². The van der Waals surface area contributed by atoms with Gasteiger partial charge in [0.15, 0.2) is 0 Å². The molecule has 122 valence electrons. The number of carbonyl (C=O) groups excluding carboxylic acids is 1. The van der Waals surface area contributed by atoms with Crippen LogP contribution < -0.4 is 5.73 Å². The molecule has 1 aromatic rings. The Balaban J connectivity index is 1.80. The molecule has 1 fully saturated rings. The monoisotopic (exact) mass is 305 g/mol. The average molecular weight is 305 g/mol. The Labute approximate surface area is 132 Å². The highest BCUT2D eigenvalue weighted by Gasteiger charge is 2.34. The van der Waals surface area contributed by atoms with E-state index in [-0.39, 0.29) is 11.3 Å². The van der Waals surface area contributed by atoms with E-state index in [9.17, 15) is 4.79 Å². The topological polar surface area (TPSA) is 68.5 Å². The highest BCUT2D eigenvalue weighted by atomic mass is 16.5. The van der Waals surface area contributed by atoms with E-state index < -0.39 is 0 Å². The van der Waals surface area contributed by atoms with Crippen molar-refractivity contribution in [1.29, 1.82) is 0 Å². The first-order chi connectivity index (χ1) is 10.6. The fourth-order valence-electron chi connectivity index (χ4n) is 3.25. The maximum Gasteiger partial charge on any atom is 0.217 e. The van der Waals surface area contributed by atoms with Crippen LogP contribution in [0.4, 0.5) is 0 Å². The van der Waals surface area contributed by atoms with Gasteiger partial charge in [-0.25, -0.2) is 0 Å². The highest BCUT2D eigenvalue weighted by molar-refractivity contribution is 5.73. The van der Waals surface area contributed by atoms with Gasteiger partial charge in [0.2, 0.25) is 5.91 Å². The lowest BCUT2D eigenvalue weighted by Crippen LogP contribution is -2.43. The summed E-state index contributed by atoms with van der Waals surface area (Å²) in [5.41, 5.74) is 6.76. The van der Waals surface area contributed by atoms with E-state index in [1.807, 2.05) is 12.4 Å². The lowest BCUT2D eigenvalue weighted by atomic mass is 9.75. The molecule has 2 heterocycles. The molecule has 5 nitrogen and oxygen atoms in total. The van der Waals surface area contributed by atoms with E-state index in [4.69, 9.17) is 10.5 Å². The van der Waals surface area contributed by atoms with Crippen molar-refractivity contribution in [2.24, 2.45) is 11.1 Å². The minimum atomic E-state index is -0.212. The SMILES string of the molecule is COCC1(CCC(N)=O)CCN(CCc2ccncc2)CC1. The molecule has 0 unspecified atom stereocenters. The summed E-state index contributed by atoms with van der Waals surface area (Å²) in [5, 5.41) is 0. The molecule has 1 aromatic heterocycles. The molecule has 1 saturated heterocycles. The number of nitrogens with two attached hydrogens (primary N) is 1. The molecule has 0 aliphatic carbocycles. The van der Waals surface area contributed by atoms with Crippen molar-refractivity contribution in [1.82, 2.24) is 9.88 Å². The molecule has 0 bridgehead atoms. The molecule has 2 rings (SSSR count). The van der Waals surface area contributed by atoms with E-state index >= 15 is 0 Å². The first-order valence-corrected chi connectivity index (χ1v) is 8.02. The number of ether oxygens (including phenoxy) is 1. The van der Waals surface area contributed by atoms with Crippen molar-refractivity contribution in [3.05, 3.63) is 30.1 Å². The number of pyridine rings is 1. The number of hydrogen-bond acceptors (Lipinski definition) is 4. The largest absolute Gasteiger partial charge is 0.384 e. The summed E-state index contributed by atoms with van der Waals surface area (Å²) in [6.07, 6.45) is 8.20. The second-order valence-electron chi connectivity index (χ2n) is 6.35. The summed E-state index contributed by atoms with van der Waals surface area (Å²) >= 11 is 0. The number of aromatic nitrogens is 1. The molecule has 1 aliphatic heterocycles. The lowest BCUT2D eigenvalue weighted by molar-refractivity contribution is -0.119. The van der Waals surface area contributed by atoms with Gasteiger partial charge in [0, 0.05) is 32.5 Å². The second-order valence-corrected chi connectivity index (χ2v) is 6.35. The van der Waals surface area contributed by atoms with E-state index in [1.54, 1.807) is 7.11 Å². The van der Waals surface area contributed by atoms with Crippen LogP contribution >= 0.6 is 0 Å². The molecule has 5 heteroatoms. The summed E-state index contributed by atoms with van der Waals surface area (Å²) in [6, 6.07) is 4.15. The summed E-state index contributed by atoms with van der Waals surface area (Å²) in [4.78, 5) is 17.6. The first kappa shape index (κ1) is 16.9. The Morgan fingerprint density at radius 3 is 2.64 bits per heavy atom. The van der Waals surface area contributed by atoms with E-state index in [1.165, 1.54) is 5.56 Å². The summed E-state index contributed by atoms with van der Waals surface area (Å²) in [7, 11) is 1.74. The third kappa shape index (κ3) is 5.07. The number of methoxy groups -OCH3 is 1. The Kier molecular flexibility index (Phi) is 6.34. The minimum absolute atomic E-state index is 0.122. The van der Waals surface area contributed by atoms with Crippen molar-refractivity contribution < 1.29 is 9.53 Å². The third-order valence-electron chi connectivity index (χ3n) is 4.74. The second kappa shape index (κ2) is 8.25. The Morgan fingerprint density at radius 1 is 1.36 bits per heavy atom. The molecule has 0 radical (unpaired) electrons. The molecule has 0 spiro atoms. The standard InChI is InChI=1S/C17H27N3O2/c1-22-14-17(6-2-16(18)21)7-12-20(13-8-17)11-5-15-3-9-19-10-4-15/h3-4,9-10H,2,5-8,11-14H2,1H3,(H2,18,21). The quantitative estimate of drug-likeness (QED) is 0.792. The fraction of sp³-hybridized carbons (Fsp3) is 0.647. The van der Waals surface area contributed by atoms with Crippen LogP contribution in [0, 0.1) is 5.41 Å². The zero-order valence-corrected chi connectivity index (χ0v) is 13.5. The van der Waals surface area contributed by atoms with Crippen LogP contribution in [-0.4, -0.2) is 49.1 Å². The van der Waals surface area contributed by atoms with Crippen molar-refractivity contribution in [3.63, 3.8) is 0 Å². The number of hydrogen-bond donors (Lipinski definition) is 1. The van der Waals surface area contributed by atoms with Crippen molar-refractivity contribution in [2.45, 2.75) is 32.1 Å². The Hall–Kier alpha value is -1.46. The molecule has 2 N–H and O–H groups in total. The number of nitrogens with zero attached hydrogens (tertiary/aromatic N) is 2. The minimum Gasteiger partial charge on any atom is -0.384 e. The van der Waals surface area contributed by atoms with Crippen molar-refractivity contribution in [2.75, 3.05) is 33.4 Å². The molecule has 22 heavy (non-hydrogen) atoms. The van der Waals surface area contributed by atoms with Crippen molar-refractivity contribution >= 4 is 5.91 Å². The maximum atomic E-state index is 11.1. The molecule has 0 saturated carbocycles. The van der Waals surface area contributed by atoms with E-state index in [2.05, 4.69) is 22.0 Å². The third-order valence-corrected chi connectivity index (χ3v) is 4.74. The zero-order chi connectivity index (χ0) is 15.8. The van der Waals surface area contributed by atoms with Crippen LogP contribution in [-0.2, 0) is 16.0 Å². The van der Waals surface area contributed by atoms with Crippen LogP contribution in [0.25, 0.3) is 0 Å². The molecule has 0 atom stereocenters. The van der Waals surface area contributed by atoms with Gasteiger partial charge in [0.25, 0.3) is 0 Å². The number of likely N-dealkylation sites (tertiary alicyclic amines) is 1. The average Bonchev–Trinajstić information content (AvgIpc) is 2.54. The fourth-order valence-corrected chi connectivity index (χ4v) is 3.25. The first-order valence-electron chi connectivity index (χ1n) is 8.02. The van der Waals surface area contributed by atoms with Crippen LogP contribution in [0.15, 0.2) is 24.5 Å². The van der Waals surface area contributed by atoms with Gasteiger partial charge in [-0.2, -0.15) is 0 Å². The predicted molar refractivity (Wildman–Crippen MR) is 86.4 cm³/mol. The number of piperidine rings is 1. The Bertz CT molecular complexity index is 456. The summed E-state index contributed by atoms with van der Waals surface area (Å²) < 4.78 is 5.40. The summed E-state index contributed by atoms with van der Waals surface area (Å²) in [5.74, 6) is -0.212. The number of carbonyl (C=O) groups is 1.